The lowest BCUT2D eigenvalue weighted by molar-refractivity contribution is -0.151. The van der Waals surface area contributed by atoms with Gasteiger partial charge in [0.25, 0.3) is 6.29 Å². The van der Waals surface area contributed by atoms with E-state index < -0.39 is 18.4 Å². The largest absolute Gasteiger partial charge is 0.418 e. The second-order valence-electron chi connectivity index (χ2n) is 6.78. The Balaban J connectivity index is 1.98. The maximum Gasteiger partial charge on any atom is 0.410 e. The van der Waals surface area contributed by atoms with E-state index in [0.29, 0.717) is 12.0 Å². The maximum atomic E-state index is 12.1. The van der Waals surface area contributed by atoms with Gasteiger partial charge in [-0.2, -0.15) is 0 Å². The van der Waals surface area contributed by atoms with Crippen molar-refractivity contribution in [3.05, 3.63) is 47.5 Å². The smallest absolute Gasteiger partial charge is 0.410 e. The summed E-state index contributed by atoms with van der Waals surface area (Å²) in [6.45, 7) is 7.79. The lowest BCUT2D eigenvalue weighted by atomic mass is 9.83. The lowest BCUT2D eigenvalue weighted by Crippen LogP contribution is -2.46. The molecular weight excluding hydrogens is 294 g/mol. The van der Waals surface area contributed by atoms with Crippen molar-refractivity contribution in [1.29, 1.82) is 0 Å². The van der Waals surface area contributed by atoms with Gasteiger partial charge in [0.15, 0.2) is 0 Å². The topological polar surface area (TPSA) is 64.6 Å². The molecule has 23 heavy (non-hydrogen) atoms. The first-order chi connectivity index (χ1) is 10.8. The highest BCUT2D eigenvalue weighted by Gasteiger charge is 2.30. The number of alkyl carbamates (subject to hydrolysis) is 1. The average molecular weight is 317 g/mol. The Kier molecular flexibility index (Phi) is 5.08. The number of rotatable bonds is 4. The molecular formula is C18H23NO4. The van der Waals surface area contributed by atoms with Crippen LogP contribution in [0.1, 0.15) is 33.3 Å². The van der Waals surface area contributed by atoms with Gasteiger partial charge in [0.2, 0.25) is 0 Å². The molecule has 0 saturated heterocycles. The van der Waals surface area contributed by atoms with E-state index in [2.05, 4.69) is 26.1 Å². The van der Waals surface area contributed by atoms with E-state index in [-0.39, 0.29) is 11.5 Å². The third-order valence-corrected chi connectivity index (χ3v) is 3.77. The second-order valence-corrected chi connectivity index (χ2v) is 6.78. The van der Waals surface area contributed by atoms with Crippen LogP contribution in [0.2, 0.25) is 0 Å². The van der Waals surface area contributed by atoms with Gasteiger partial charge in [-0.25, -0.2) is 9.59 Å². The van der Waals surface area contributed by atoms with Crippen molar-refractivity contribution < 1.29 is 19.1 Å². The van der Waals surface area contributed by atoms with Crippen molar-refractivity contribution in [3.8, 4) is 0 Å². The number of carbonyl (C=O) groups excluding carboxylic acids is 2. The van der Waals surface area contributed by atoms with Crippen LogP contribution < -0.4 is 5.32 Å². The summed E-state index contributed by atoms with van der Waals surface area (Å²) >= 11 is 0. The van der Waals surface area contributed by atoms with E-state index in [1.807, 2.05) is 30.3 Å². The summed E-state index contributed by atoms with van der Waals surface area (Å²) in [6.07, 6.45) is 0.647. The van der Waals surface area contributed by atoms with Gasteiger partial charge in [0, 0.05) is 17.7 Å². The van der Waals surface area contributed by atoms with Gasteiger partial charge >= 0.3 is 12.1 Å². The molecule has 1 heterocycles. The van der Waals surface area contributed by atoms with E-state index in [0.717, 1.165) is 5.56 Å². The van der Waals surface area contributed by atoms with E-state index in [1.54, 1.807) is 6.92 Å². The van der Waals surface area contributed by atoms with Gasteiger partial charge in [0.1, 0.15) is 0 Å². The van der Waals surface area contributed by atoms with Gasteiger partial charge in [-0.05, 0) is 24.3 Å². The zero-order valence-electron chi connectivity index (χ0n) is 14.0. The minimum absolute atomic E-state index is 0.111. The summed E-state index contributed by atoms with van der Waals surface area (Å²) < 4.78 is 10.1. The molecule has 2 atom stereocenters. The number of hydrogen-bond acceptors (Lipinski definition) is 4. The number of benzene rings is 1. The van der Waals surface area contributed by atoms with Crippen LogP contribution >= 0.6 is 0 Å². The van der Waals surface area contributed by atoms with Crippen molar-refractivity contribution in [2.24, 2.45) is 5.41 Å². The lowest BCUT2D eigenvalue weighted by Gasteiger charge is -2.31. The Morgan fingerprint density at radius 1 is 1.30 bits per heavy atom. The predicted octanol–water partition coefficient (Wildman–Crippen LogP) is 3.20. The van der Waals surface area contributed by atoms with Crippen molar-refractivity contribution in [2.75, 3.05) is 0 Å². The van der Waals surface area contributed by atoms with Gasteiger partial charge in [-0.15, -0.1) is 0 Å². The number of ether oxygens (including phenoxy) is 2. The molecule has 1 N–H and O–H groups in total. The minimum atomic E-state index is -0.945. The first-order valence-corrected chi connectivity index (χ1v) is 7.66. The highest BCUT2D eigenvalue weighted by molar-refractivity contribution is 5.90. The third kappa shape index (κ3) is 4.84. The Morgan fingerprint density at radius 3 is 2.48 bits per heavy atom. The zero-order chi connectivity index (χ0) is 17.0. The summed E-state index contributed by atoms with van der Waals surface area (Å²) in [6, 6.07) is 9.84. The standard InChI is InChI=1S/C18H23NO4/c1-12-10-15(22-16(12)20)23-17(21)19-14(18(2,3)4)11-13-8-6-5-7-9-13/h5-10,14-15H,11H2,1-4H3,(H,19,21)/t14-,15?/m0/s1. The molecule has 5 nitrogen and oxygen atoms in total. The number of esters is 1. The minimum Gasteiger partial charge on any atom is -0.418 e. The quantitative estimate of drug-likeness (QED) is 0.866. The molecule has 0 spiro atoms. The van der Waals surface area contributed by atoms with Crippen LogP contribution in [0.4, 0.5) is 4.79 Å². The summed E-state index contributed by atoms with van der Waals surface area (Å²) in [4.78, 5) is 23.4. The van der Waals surface area contributed by atoms with E-state index in [1.165, 1.54) is 6.08 Å². The number of amides is 1. The predicted molar refractivity (Wildman–Crippen MR) is 86.6 cm³/mol. The molecule has 1 unspecified atom stereocenters. The van der Waals surface area contributed by atoms with Crippen molar-refractivity contribution in [1.82, 2.24) is 5.32 Å². The molecule has 0 aromatic heterocycles. The van der Waals surface area contributed by atoms with Crippen LogP contribution in [-0.2, 0) is 20.7 Å². The van der Waals surface area contributed by atoms with Gasteiger partial charge in [-0.3, -0.25) is 0 Å². The molecule has 1 aliphatic rings. The number of carbonyl (C=O) groups is 2. The number of nitrogens with one attached hydrogen (secondary N) is 1. The fourth-order valence-corrected chi connectivity index (χ4v) is 2.27. The monoisotopic (exact) mass is 317 g/mol. The molecule has 0 fully saturated rings. The third-order valence-electron chi connectivity index (χ3n) is 3.77. The molecule has 0 bridgehead atoms. The van der Waals surface area contributed by atoms with Crippen LogP contribution in [0, 0.1) is 5.41 Å². The molecule has 2 rings (SSSR count). The Morgan fingerprint density at radius 2 is 1.96 bits per heavy atom. The summed E-state index contributed by atoms with van der Waals surface area (Å²) in [5.41, 5.74) is 1.43. The highest BCUT2D eigenvalue weighted by Crippen LogP contribution is 2.23. The molecule has 1 aliphatic heterocycles. The molecule has 5 heteroatoms. The SMILES string of the molecule is CC1=CC(OC(=O)N[C@@H](Cc2ccccc2)C(C)(C)C)OC1=O. The molecule has 0 saturated carbocycles. The Bertz CT molecular complexity index is 601. The Hall–Kier alpha value is -2.30. The maximum absolute atomic E-state index is 12.1. The number of cyclic esters (lactones) is 1. The summed E-state index contributed by atoms with van der Waals surface area (Å²) in [5.74, 6) is -0.459. The molecule has 0 radical (unpaired) electrons. The normalized spacial score (nSPS) is 18.9. The summed E-state index contributed by atoms with van der Waals surface area (Å²) in [5, 5.41) is 2.88. The summed E-state index contributed by atoms with van der Waals surface area (Å²) in [7, 11) is 0. The van der Waals surface area contributed by atoms with Crippen LogP contribution in [0.3, 0.4) is 0 Å². The van der Waals surface area contributed by atoms with Gasteiger partial charge in [-0.1, -0.05) is 51.1 Å². The highest BCUT2D eigenvalue weighted by atomic mass is 16.7. The van der Waals surface area contributed by atoms with E-state index >= 15 is 0 Å². The zero-order valence-corrected chi connectivity index (χ0v) is 14.0. The molecule has 0 aliphatic carbocycles. The van der Waals surface area contributed by atoms with Crippen molar-refractivity contribution in [3.63, 3.8) is 0 Å². The van der Waals surface area contributed by atoms with E-state index in [9.17, 15) is 9.59 Å². The molecule has 1 amide bonds. The van der Waals surface area contributed by atoms with Gasteiger partial charge < -0.3 is 14.8 Å². The second kappa shape index (κ2) is 6.86. The first-order valence-electron chi connectivity index (χ1n) is 7.66. The fraction of sp³-hybridized carbons (Fsp3) is 0.444. The fourth-order valence-electron chi connectivity index (χ4n) is 2.27. The van der Waals surface area contributed by atoms with Crippen LogP contribution in [0.25, 0.3) is 0 Å². The number of hydrogen-bond donors (Lipinski definition) is 1. The van der Waals surface area contributed by atoms with Crippen molar-refractivity contribution >= 4 is 12.1 Å². The molecule has 124 valence electrons. The molecule has 1 aromatic carbocycles. The molecule has 1 aromatic rings. The van der Waals surface area contributed by atoms with Crippen molar-refractivity contribution in [2.45, 2.75) is 46.4 Å². The first kappa shape index (κ1) is 17.1. The average Bonchev–Trinajstić information content (AvgIpc) is 2.76. The van der Waals surface area contributed by atoms with Crippen LogP contribution in [0.5, 0.6) is 0 Å². The van der Waals surface area contributed by atoms with Crippen LogP contribution in [0.15, 0.2) is 42.0 Å². The van der Waals surface area contributed by atoms with E-state index in [4.69, 9.17) is 9.47 Å². The van der Waals surface area contributed by atoms with Crippen LogP contribution in [-0.4, -0.2) is 24.4 Å². The Labute approximate surface area is 136 Å². The van der Waals surface area contributed by atoms with Gasteiger partial charge in [0.05, 0.1) is 0 Å².